The van der Waals surface area contributed by atoms with Crippen LogP contribution in [0.5, 0.6) is 0 Å². The van der Waals surface area contributed by atoms with Crippen molar-refractivity contribution in [1.29, 1.82) is 0 Å². The van der Waals surface area contributed by atoms with Gasteiger partial charge < -0.3 is 19.5 Å². The summed E-state index contributed by atoms with van der Waals surface area (Å²) in [5.74, 6) is -0.333. The van der Waals surface area contributed by atoms with Gasteiger partial charge in [-0.25, -0.2) is 9.50 Å². The Morgan fingerprint density at radius 3 is 2.59 bits per heavy atom. The third-order valence-corrected chi connectivity index (χ3v) is 5.34. The van der Waals surface area contributed by atoms with Crippen LogP contribution in [-0.2, 0) is 24.1 Å². The van der Waals surface area contributed by atoms with Gasteiger partial charge in [0.1, 0.15) is 23.6 Å². The van der Waals surface area contributed by atoms with Crippen LogP contribution in [0, 0.1) is 6.92 Å². The molecule has 5 aromatic heterocycles. The number of amides is 2. The molecule has 5 rings (SSSR count). The number of fused-ring (bicyclic) bond motifs is 1. The molecule has 5 aromatic rings. The summed E-state index contributed by atoms with van der Waals surface area (Å²) in [5, 5.41) is 13.1. The molecule has 0 aliphatic carbocycles. The second-order valence-electron chi connectivity index (χ2n) is 7.93. The fourth-order valence-corrected chi connectivity index (χ4v) is 3.58. The molecule has 5 heterocycles. The highest BCUT2D eigenvalue weighted by Gasteiger charge is 2.36. The number of carbonyl (C=O) groups excluding carboxylic acids is 2. The van der Waals surface area contributed by atoms with Gasteiger partial charge in [0, 0.05) is 11.8 Å². The predicted molar refractivity (Wildman–Crippen MR) is 121 cm³/mol. The molecule has 0 aliphatic heterocycles. The van der Waals surface area contributed by atoms with Crippen molar-refractivity contribution in [2.45, 2.75) is 26.2 Å². The van der Waals surface area contributed by atoms with Crippen molar-refractivity contribution in [3.8, 4) is 11.5 Å². The maximum Gasteiger partial charge on any atom is 0.433 e. The molecule has 0 spiro atoms. The number of rotatable bonds is 7. The molecule has 0 atom stereocenters. The fraction of sp³-hybridized carbons (Fsp3) is 0.174. The van der Waals surface area contributed by atoms with Crippen LogP contribution in [0.15, 0.2) is 64.0 Å². The molecule has 0 unspecified atom stereocenters. The van der Waals surface area contributed by atoms with E-state index in [1.54, 1.807) is 19.1 Å². The zero-order valence-corrected chi connectivity index (χ0v) is 19.1. The van der Waals surface area contributed by atoms with E-state index in [-0.39, 0.29) is 47.5 Å². The highest BCUT2D eigenvalue weighted by atomic mass is 19.4. The van der Waals surface area contributed by atoms with Crippen LogP contribution in [-0.4, -0.2) is 36.2 Å². The highest BCUT2D eigenvalue weighted by Crippen LogP contribution is 2.33. The number of alkyl halides is 3. The number of aromatic nitrogens is 5. The van der Waals surface area contributed by atoms with E-state index in [1.165, 1.54) is 35.4 Å². The lowest BCUT2D eigenvalue weighted by atomic mass is 10.2. The summed E-state index contributed by atoms with van der Waals surface area (Å²) in [6.07, 6.45) is -0.982. The maximum atomic E-state index is 13.7. The van der Waals surface area contributed by atoms with Gasteiger partial charge in [-0.05, 0) is 37.3 Å². The number of nitrogens with zero attached hydrogens (tertiary/aromatic N) is 5. The molecule has 2 N–H and O–H groups in total. The summed E-state index contributed by atoms with van der Waals surface area (Å²) in [5.41, 5.74) is -1.18. The van der Waals surface area contributed by atoms with E-state index in [0.29, 0.717) is 16.0 Å². The van der Waals surface area contributed by atoms with Gasteiger partial charge in [0.05, 0.1) is 25.3 Å². The van der Waals surface area contributed by atoms with Crippen molar-refractivity contribution in [3.05, 3.63) is 77.8 Å². The van der Waals surface area contributed by atoms with Crippen molar-refractivity contribution in [2.24, 2.45) is 0 Å². The number of halogens is 3. The van der Waals surface area contributed by atoms with Crippen LogP contribution in [0.3, 0.4) is 0 Å². The Morgan fingerprint density at radius 2 is 1.89 bits per heavy atom. The minimum Gasteiger partial charge on any atom is -0.467 e. The van der Waals surface area contributed by atoms with Crippen LogP contribution >= 0.6 is 0 Å². The van der Waals surface area contributed by atoms with Gasteiger partial charge in [-0.3, -0.25) is 14.3 Å². The smallest absolute Gasteiger partial charge is 0.433 e. The van der Waals surface area contributed by atoms with Gasteiger partial charge in [-0.15, -0.1) is 0 Å². The number of hydrogen-bond acceptors (Lipinski definition) is 7. The first kappa shape index (κ1) is 23.8. The molecule has 0 radical (unpaired) electrons. The summed E-state index contributed by atoms with van der Waals surface area (Å²) >= 11 is 0. The van der Waals surface area contributed by atoms with Gasteiger partial charge in [-0.1, -0.05) is 0 Å². The molecule has 0 aliphatic rings. The van der Waals surface area contributed by atoms with Crippen molar-refractivity contribution in [2.75, 3.05) is 5.32 Å². The lowest BCUT2D eigenvalue weighted by molar-refractivity contribution is -0.142. The Labute approximate surface area is 205 Å². The van der Waals surface area contributed by atoms with Crippen LogP contribution in [0.25, 0.3) is 17.1 Å². The van der Waals surface area contributed by atoms with E-state index in [1.807, 2.05) is 0 Å². The normalized spacial score (nSPS) is 11.7. The van der Waals surface area contributed by atoms with E-state index < -0.39 is 17.8 Å². The lowest BCUT2D eigenvalue weighted by Crippen LogP contribution is -2.27. The molecule has 0 aromatic carbocycles. The molecule has 0 saturated carbocycles. The van der Waals surface area contributed by atoms with Crippen LogP contribution in [0.4, 0.5) is 19.0 Å². The molecule has 0 bridgehead atoms. The first-order valence-electron chi connectivity index (χ1n) is 10.8. The predicted octanol–water partition coefficient (Wildman–Crippen LogP) is 3.67. The molecule has 0 saturated heterocycles. The van der Waals surface area contributed by atoms with Crippen molar-refractivity contribution < 1.29 is 31.6 Å². The number of furan rings is 2. The minimum absolute atomic E-state index is 0.0962. The monoisotopic (exact) mass is 513 g/mol. The maximum absolute atomic E-state index is 13.7. The van der Waals surface area contributed by atoms with Gasteiger partial charge >= 0.3 is 6.18 Å². The molecule has 14 heteroatoms. The zero-order chi connectivity index (χ0) is 26.2. The van der Waals surface area contributed by atoms with Gasteiger partial charge in [0.2, 0.25) is 5.91 Å². The number of nitrogens with one attached hydrogen (secondary N) is 2. The summed E-state index contributed by atoms with van der Waals surface area (Å²) in [6.45, 7) is 1.77. The summed E-state index contributed by atoms with van der Waals surface area (Å²) < 4.78 is 53.4. The molecular weight excluding hydrogens is 495 g/mol. The lowest BCUT2D eigenvalue weighted by Gasteiger charge is -2.10. The largest absolute Gasteiger partial charge is 0.467 e. The van der Waals surface area contributed by atoms with E-state index in [4.69, 9.17) is 8.83 Å². The SMILES string of the molecule is Cc1cc(NC(=O)c2cnn3c(C(F)(F)F)cc(-c4ccco4)nc23)nn1CC(=O)NCc1ccco1. The average Bonchev–Trinajstić information content (AvgIpc) is 3.64. The van der Waals surface area contributed by atoms with Crippen molar-refractivity contribution in [3.63, 3.8) is 0 Å². The first-order chi connectivity index (χ1) is 17.7. The summed E-state index contributed by atoms with van der Waals surface area (Å²) in [4.78, 5) is 29.4. The van der Waals surface area contributed by atoms with E-state index in [9.17, 15) is 22.8 Å². The van der Waals surface area contributed by atoms with E-state index in [0.717, 1.165) is 12.3 Å². The van der Waals surface area contributed by atoms with Crippen LogP contribution in [0.1, 0.15) is 27.5 Å². The highest BCUT2D eigenvalue weighted by molar-refractivity contribution is 6.07. The van der Waals surface area contributed by atoms with Crippen molar-refractivity contribution >= 4 is 23.3 Å². The van der Waals surface area contributed by atoms with E-state index in [2.05, 4.69) is 25.8 Å². The minimum atomic E-state index is -4.77. The van der Waals surface area contributed by atoms with Crippen LogP contribution < -0.4 is 10.6 Å². The molecule has 2 amide bonds. The number of carbonyl (C=O) groups is 2. The molecule has 11 nitrogen and oxygen atoms in total. The second kappa shape index (κ2) is 9.29. The Balaban J connectivity index is 1.37. The molecule has 0 fully saturated rings. The molecule has 37 heavy (non-hydrogen) atoms. The van der Waals surface area contributed by atoms with Gasteiger partial charge in [0.25, 0.3) is 5.91 Å². The molecular formula is C23H18F3N7O4. The Hall–Kier alpha value is -4.88. The summed E-state index contributed by atoms with van der Waals surface area (Å²) in [6, 6.07) is 8.70. The van der Waals surface area contributed by atoms with E-state index >= 15 is 0 Å². The molecule has 190 valence electrons. The first-order valence-corrected chi connectivity index (χ1v) is 10.8. The third kappa shape index (κ3) is 4.94. The fourth-order valence-electron chi connectivity index (χ4n) is 3.58. The number of hydrogen-bond donors (Lipinski definition) is 2. The Kier molecular flexibility index (Phi) is 5.99. The average molecular weight is 513 g/mol. The van der Waals surface area contributed by atoms with Crippen molar-refractivity contribution in [1.82, 2.24) is 29.7 Å². The standard InChI is InChI=1S/C23H18F3N7O4/c1-13-8-19(31-32(13)12-20(34)27-10-14-4-2-6-36-14)30-22(35)15-11-28-33-18(23(24,25)26)9-16(29-21(15)33)17-5-3-7-37-17/h2-9,11H,10,12H2,1H3,(H,27,34)(H,30,31,35). The number of anilines is 1. The van der Waals surface area contributed by atoms with Gasteiger partial charge in [-0.2, -0.15) is 23.4 Å². The topological polar surface area (TPSA) is 132 Å². The van der Waals surface area contributed by atoms with Crippen LogP contribution in [0.2, 0.25) is 0 Å². The Bertz CT molecular complexity index is 1570. The zero-order valence-electron chi connectivity index (χ0n) is 19.1. The summed E-state index contributed by atoms with van der Waals surface area (Å²) in [7, 11) is 0. The quantitative estimate of drug-likeness (QED) is 0.339. The Morgan fingerprint density at radius 1 is 1.11 bits per heavy atom. The third-order valence-electron chi connectivity index (χ3n) is 5.34. The number of aryl methyl sites for hydroxylation is 1. The second-order valence-corrected chi connectivity index (χ2v) is 7.93. The van der Waals surface area contributed by atoms with Gasteiger partial charge in [0.15, 0.2) is 22.9 Å².